The molecule has 1 aromatic carbocycles. The number of ether oxygens (including phenoxy) is 2. The fourth-order valence-electron chi connectivity index (χ4n) is 1.54. The molecule has 0 fully saturated rings. The van der Waals surface area contributed by atoms with Gasteiger partial charge in [-0.3, -0.25) is 4.79 Å². The van der Waals surface area contributed by atoms with E-state index in [-0.39, 0.29) is 18.4 Å². The van der Waals surface area contributed by atoms with Crippen LogP contribution in [-0.2, 0) is 16.1 Å². The Morgan fingerprint density at radius 2 is 2.25 bits per heavy atom. The molecule has 0 aromatic heterocycles. The summed E-state index contributed by atoms with van der Waals surface area (Å²) in [4.78, 5) is 11.0. The molecule has 0 heterocycles. The average Bonchev–Trinajstić information content (AvgIpc) is 2.42. The highest BCUT2D eigenvalue weighted by Gasteiger charge is 2.13. The molecule has 0 radical (unpaired) electrons. The van der Waals surface area contributed by atoms with E-state index in [1.165, 1.54) is 0 Å². The summed E-state index contributed by atoms with van der Waals surface area (Å²) >= 11 is 3.46. The van der Waals surface area contributed by atoms with E-state index in [0.29, 0.717) is 13.2 Å². The number of amides is 1. The van der Waals surface area contributed by atoms with E-state index in [0.717, 1.165) is 22.3 Å². The fourth-order valence-corrected chi connectivity index (χ4v) is 2.06. The van der Waals surface area contributed by atoms with Crippen LogP contribution in [0.3, 0.4) is 0 Å². The van der Waals surface area contributed by atoms with Crippen molar-refractivity contribution in [2.75, 3.05) is 26.9 Å². The lowest BCUT2D eigenvalue weighted by Crippen LogP contribution is -2.26. The molecular weight excluding hydrogens is 324 g/mol. The Balaban J connectivity index is 2.65. The van der Waals surface area contributed by atoms with Crippen LogP contribution in [0.2, 0.25) is 0 Å². The maximum absolute atomic E-state index is 11.0. The van der Waals surface area contributed by atoms with Gasteiger partial charge in [0.15, 0.2) is 0 Å². The van der Waals surface area contributed by atoms with E-state index in [1.807, 2.05) is 18.2 Å². The summed E-state index contributed by atoms with van der Waals surface area (Å²) < 4.78 is 11.6. The quantitative estimate of drug-likeness (QED) is 0.668. The highest BCUT2D eigenvalue weighted by atomic mass is 79.9. The van der Waals surface area contributed by atoms with Crippen molar-refractivity contribution in [3.8, 4) is 5.75 Å². The molecular formula is C14H21BrN2O3. The molecule has 3 N–H and O–H groups in total. The zero-order valence-electron chi connectivity index (χ0n) is 11.8. The minimum Gasteiger partial charge on any atom is -0.491 e. The van der Waals surface area contributed by atoms with Crippen LogP contribution in [-0.4, -0.2) is 32.8 Å². The van der Waals surface area contributed by atoms with Crippen molar-refractivity contribution < 1.29 is 14.3 Å². The monoisotopic (exact) mass is 344 g/mol. The average molecular weight is 345 g/mol. The third kappa shape index (κ3) is 5.48. The number of hydrogen-bond donors (Lipinski definition) is 2. The van der Waals surface area contributed by atoms with Gasteiger partial charge < -0.3 is 20.5 Å². The number of hydrogen-bond acceptors (Lipinski definition) is 4. The lowest BCUT2D eigenvalue weighted by Gasteiger charge is -2.15. The predicted molar refractivity (Wildman–Crippen MR) is 81.6 cm³/mol. The van der Waals surface area contributed by atoms with Crippen LogP contribution in [0.4, 0.5) is 0 Å². The molecule has 0 aliphatic rings. The maximum Gasteiger partial charge on any atom is 0.223 e. The van der Waals surface area contributed by atoms with E-state index in [1.54, 1.807) is 14.0 Å². The zero-order valence-corrected chi connectivity index (χ0v) is 13.4. The lowest BCUT2D eigenvalue weighted by atomic mass is 10.1. The van der Waals surface area contributed by atoms with Gasteiger partial charge in [-0.15, -0.1) is 0 Å². The Morgan fingerprint density at radius 1 is 1.50 bits per heavy atom. The van der Waals surface area contributed by atoms with Gasteiger partial charge in [0.05, 0.1) is 23.6 Å². The van der Waals surface area contributed by atoms with Gasteiger partial charge in [0.1, 0.15) is 5.75 Å². The molecule has 0 spiro atoms. The molecule has 1 unspecified atom stereocenters. The molecule has 0 saturated carbocycles. The first-order valence-electron chi connectivity index (χ1n) is 6.45. The zero-order chi connectivity index (χ0) is 15.0. The van der Waals surface area contributed by atoms with E-state index in [9.17, 15) is 4.79 Å². The van der Waals surface area contributed by atoms with E-state index in [4.69, 9.17) is 15.2 Å². The summed E-state index contributed by atoms with van der Waals surface area (Å²) in [7, 11) is 1.67. The molecule has 0 aliphatic heterocycles. The molecule has 0 aliphatic carbocycles. The van der Waals surface area contributed by atoms with Crippen molar-refractivity contribution in [3.05, 3.63) is 28.2 Å². The largest absolute Gasteiger partial charge is 0.491 e. The Labute approximate surface area is 127 Å². The van der Waals surface area contributed by atoms with Crippen LogP contribution >= 0.6 is 15.9 Å². The van der Waals surface area contributed by atoms with Crippen molar-refractivity contribution in [1.82, 2.24) is 5.32 Å². The SMILES string of the molecule is COCCNCc1cccc(Br)c1OCC(C)C(N)=O. The second kappa shape index (κ2) is 8.94. The first-order valence-corrected chi connectivity index (χ1v) is 7.24. The van der Waals surface area contributed by atoms with E-state index in [2.05, 4.69) is 21.2 Å². The second-order valence-corrected chi connectivity index (χ2v) is 5.37. The van der Waals surface area contributed by atoms with Crippen LogP contribution in [0.1, 0.15) is 12.5 Å². The topological polar surface area (TPSA) is 73.6 Å². The van der Waals surface area contributed by atoms with Crippen molar-refractivity contribution in [3.63, 3.8) is 0 Å². The molecule has 1 aromatic rings. The van der Waals surface area contributed by atoms with Crippen molar-refractivity contribution in [2.24, 2.45) is 11.7 Å². The van der Waals surface area contributed by atoms with Gasteiger partial charge in [0.25, 0.3) is 0 Å². The number of nitrogens with one attached hydrogen (secondary N) is 1. The first kappa shape index (κ1) is 16.9. The molecule has 0 saturated heterocycles. The number of primary amides is 1. The van der Waals surface area contributed by atoms with E-state index < -0.39 is 0 Å². The summed E-state index contributed by atoms with van der Waals surface area (Å²) in [5, 5.41) is 3.26. The van der Waals surface area contributed by atoms with Crippen LogP contribution < -0.4 is 15.8 Å². The summed E-state index contributed by atoms with van der Waals surface area (Å²) in [6.07, 6.45) is 0. The normalized spacial score (nSPS) is 12.2. The van der Waals surface area contributed by atoms with E-state index >= 15 is 0 Å². The summed E-state index contributed by atoms with van der Waals surface area (Å²) in [6, 6.07) is 5.83. The molecule has 0 bridgehead atoms. The van der Waals surface area contributed by atoms with Crippen molar-refractivity contribution in [2.45, 2.75) is 13.5 Å². The van der Waals surface area contributed by atoms with Gasteiger partial charge >= 0.3 is 0 Å². The van der Waals surface area contributed by atoms with Crippen LogP contribution in [0, 0.1) is 5.92 Å². The first-order chi connectivity index (χ1) is 9.56. The highest BCUT2D eigenvalue weighted by molar-refractivity contribution is 9.10. The third-order valence-electron chi connectivity index (χ3n) is 2.81. The number of rotatable bonds is 9. The van der Waals surface area contributed by atoms with Crippen LogP contribution in [0.25, 0.3) is 0 Å². The maximum atomic E-state index is 11.0. The molecule has 112 valence electrons. The number of benzene rings is 1. The molecule has 1 atom stereocenters. The van der Waals surface area contributed by atoms with Crippen molar-refractivity contribution in [1.29, 1.82) is 0 Å². The van der Waals surface area contributed by atoms with Gasteiger partial charge in [-0.1, -0.05) is 19.1 Å². The minimum atomic E-state index is -0.364. The Morgan fingerprint density at radius 3 is 2.90 bits per heavy atom. The Hall–Kier alpha value is -1.11. The van der Waals surface area contributed by atoms with Gasteiger partial charge in [-0.2, -0.15) is 0 Å². The van der Waals surface area contributed by atoms with Gasteiger partial charge in [-0.25, -0.2) is 0 Å². The van der Waals surface area contributed by atoms with Gasteiger partial charge in [0, 0.05) is 25.8 Å². The van der Waals surface area contributed by atoms with Gasteiger partial charge in [-0.05, 0) is 22.0 Å². The van der Waals surface area contributed by atoms with Crippen molar-refractivity contribution >= 4 is 21.8 Å². The number of halogens is 1. The number of carbonyl (C=O) groups excluding carboxylic acids is 1. The molecule has 5 nitrogen and oxygen atoms in total. The summed E-state index contributed by atoms with van der Waals surface area (Å²) in [5.74, 6) is 0.0544. The Kier molecular flexibility index (Phi) is 7.58. The minimum absolute atomic E-state index is 0.267. The smallest absolute Gasteiger partial charge is 0.223 e. The second-order valence-electron chi connectivity index (χ2n) is 4.51. The molecule has 20 heavy (non-hydrogen) atoms. The summed E-state index contributed by atoms with van der Waals surface area (Å²) in [5.41, 5.74) is 6.25. The Bertz CT molecular complexity index is 440. The number of para-hydroxylation sites is 1. The fraction of sp³-hybridized carbons (Fsp3) is 0.500. The summed E-state index contributed by atoms with van der Waals surface area (Å²) in [6.45, 7) is 4.10. The number of nitrogens with two attached hydrogens (primary N) is 1. The third-order valence-corrected chi connectivity index (χ3v) is 3.43. The standard InChI is InChI=1S/C14H21BrN2O3/c1-10(14(16)18)9-20-13-11(4-3-5-12(13)15)8-17-6-7-19-2/h3-5,10,17H,6-9H2,1-2H3,(H2,16,18). The lowest BCUT2D eigenvalue weighted by molar-refractivity contribution is -0.122. The number of methoxy groups -OCH3 is 1. The predicted octanol–water partition coefficient (Wildman–Crippen LogP) is 1.69. The molecule has 1 amide bonds. The highest BCUT2D eigenvalue weighted by Crippen LogP contribution is 2.29. The van der Waals surface area contributed by atoms with Gasteiger partial charge in [0.2, 0.25) is 5.91 Å². The molecule has 6 heteroatoms. The number of carbonyl (C=O) groups is 1. The van der Waals surface area contributed by atoms with Crippen LogP contribution in [0.5, 0.6) is 5.75 Å². The molecule has 1 rings (SSSR count). The van der Waals surface area contributed by atoms with Crippen LogP contribution in [0.15, 0.2) is 22.7 Å².